The zero-order valence-corrected chi connectivity index (χ0v) is 5.07. The number of nitrogens with one attached hydrogen (secondary N) is 1. The van der Waals surface area contributed by atoms with Crippen LogP contribution >= 0.6 is 0 Å². The van der Waals surface area contributed by atoms with Gasteiger partial charge in [0.2, 0.25) is 0 Å². The van der Waals surface area contributed by atoms with E-state index in [0.717, 1.165) is 6.34 Å². The molecular weight excluding hydrogens is 88.1 g/mol. The lowest BCUT2D eigenvalue weighted by atomic mass is 10.4. The summed E-state index contributed by atoms with van der Waals surface area (Å²) in [4.78, 5) is 0. The van der Waals surface area contributed by atoms with E-state index in [1.807, 2.05) is 0 Å². The van der Waals surface area contributed by atoms with Crippen LogP contribution in [-0.4, -0.2) is 6.34 Å². The molecule has 2 nitrogen and oxygen atoms in total. The van der Waals surface area contributed by atoms with Gasteiger partial charge in [0.25, 0.3) is 0 Å². The maximum Gasteiger partial charge on any atom is 0.0765 e. The van der Waals surface area contributed by atoms with Crippen LogP contribution in [0, 0.1) is 5.41 Å². The molecule has 0 spiro atoms. The third-order valence-corrected chi connectivity index (χ3v) is 0.500. The van der Waals surface area contributed by atoms with Crippen LogP contribution in [0.2, 0.25) is 0 Å². The van der Waals surface area contributed by atoms with Gasteiger partial charge in [0.15, 0.2) is 0 Å². The Bertz CT molecular complexity index is 25.3. The van der Waals surface area contributed by atoms with Crippen molar-refractivity contribution in [3.8, 4) is 0 Å². The van der Waals surface area contributed by atoms with Gasteiger partial charge < -0.3 is 5.73 Å². The molecule has 7 heavy (non-hydrogen) atoms. The summed E-state index contributed by atoms with van der Waals surface area (Å²) in [6.07, 6.45) is 3.39. The fourth-order valence-electron chi connectivity index (χ4n) is 0. The molecule has 0 unspecified atom stereocenters. The highest BCUT2D eigenvalue weighted by Crippen LogP contribution is 1.76. The minimum atomic E-state index is 0.750. The highest BCUT2D eigenvalue weighted by Gasteiger charge is 1.56. The van der Waals surface area contributed by atoms with Crippen LogP contribution in [0.25, 0.3) is 0 Å². The predicted octanol–water partition coefficient (Wildman–Crippen LogP) is 1.36. The standard InChI is InChI=1S/C4H10.CH4N2/c1-3-4-2;2-1-3/h3-4H2,1-2H3;1H,(H3,2,3). The Balaban J connectivity index is 0. The minimum Gasteiger partial charge on any atom is -0.390 e. The summed E-state index contributed by atoms with van der Waals surface area (Å²) in [6, 6.07) is 0. The first-order chi connectivity index (χ1) is 3.33. The van der Waals surface area contributed by atoms with E-state index >= 15 is 0 Å². The third-order valence-electron chi connectivity index (χ3n) is 0.500. The first-order valence-corrected chi connectivity index (χ1v) is 2.54. The lowest BCUT2D eigenvalue weighted by molar-refractivity contribution is 0.886. The van der Waals surface area contributed by atoms with E-state index in [2.05, 4.69) is 19.6 Å². The molecule has 44 valence electrons. The van der Waals surface area contributed by atoms with Crippen LogP contribution in [0.4, 0.5) is 0 Å². The molecule has 3 N–H and O–H groups in total. The molecule has 0 aromatic rings. The fraction of sp³-hybridized carbons (Fsp3) is 0.800. The van der Waals surface area contributed by atoms with E-state index in [1.54, 1.807) is 0 Å². The van der Waals surface area contributed by atoms with Crippen LogP contribution < -0.4 is 5.73 Å². The van der Waals surface area contributed by atoms with E-state index in [9.17, 15) is 0 Å². The van der Waals surface area contributed by atoms with Crippen molar-refractivity contribution in [2.24, 2.45) is 5.73 Å². The number of hydrogen-bond donors (Lipinski definition) is 2. The fourth-order valence-corrected chi connectivity index (χ4v) is 0. The molecule has 0 saturated heterocycles. The minimum absolute atomic E-state index is 0.750. The Morgan fingerprint density at radius 2 is 1.57 bits per heavy atom. The van der Waals surface area contributed by atoms with Gasteiger partial charge in [-0.15, -0.1) is 0 Å². The molecular formula is C5H14N2. The Morgan fingerprint density at radius 1 is 1.43 bits per heavy atom. The zero-order valence-electron chi connectivity index (χ0n) is 5.07. The summed E-state index contributed by atoms with van der Waals surface area (Å²) < 4.78 is 0. The second kappa shape index (κ2) is 17.9. The molecule has 0 aliphatic rings. The quantitative estimate of drug-likeness (QED) is 0.381. The number of nitrogens with two attached hydrogens (primary N) is 1. The van der Waals surface area contributed by atoms with Crippen molar-refractivity contribution < 1.29 is 0 Å². The van der Waals surface area contributed by atoms with E-state index in [4.69, 9.17) is 5.41 Å². The van der Waals surface area contributed by atoms with Crippen LogP contribution in [-0.2, 0) is 0 Å². The molecule has 0 saturated carbocycles. The van der Waals surface area contributed by atoms with E-state index in [0.29, 0.717) is 0 Å². The Hall–Kier alpha value is -0.530. The SMILES string of the molecule is CCCC.N=CN. The van der Waals surface area contributed by atoms with Crippen LogP contribution in [0.3, 0.4) is 0 Å². The van der Waals surface area contributed by atoms with Gasteiger partial charge in [-0.25, -0.2) is 0 Å². The van der Waals surface area contributed by atoms with Crippen LogP contribution in [0.1, 0.15) is 26.7 Å². The molecule has 0 amide bonds. The smallest absolute Gasteiger partial charge is 0.0765 e. The third kappa shape index (κ3) is 298. The number of hydrogen-bond acceptors (Lipinski definition) is 1. The molecule has 0 radical (unpaired) electrons. The van der Waals surface area contributed by atoms with E-state index in [-0.39, 0.29) is 0 Å². The van der Waals surface area contributed by atoms with E-state index in [1.165, 1.54) is 12.8 Å². The molecule has 0 fully saturated rings. The topological polar surface area (TPSA) is 49.9 Å². The Morgan fingerprint density at radius 3 is 1.57 bits per heavy atom. The van der Waals surface area contributed by atoms with Gasteiger partial charge in [-0.3, -0.25) is 5.41 Å². The van der Waals surface area contributed by atoms with Gasteiger partial charge in [0, 0.05) is 0 Å². The number of rotatable bonds is 1. The predicted molar refractivity (Wildman–Crippen MR) is 33.6 cm³/mol. The second-order valence-electron chi connectivity index (χ2n) is 1.17. The van der Waals surface area contributed by atoms with Crippen molar-refractivity contribution >= 4 is 6.34 Å². The molecule has 0 aromatic carbocycles. The highest BCUT2D eigenvalue weighted by atomic mass is 14.6. The highest BCUT2D eigenvalue weighted by molar-refractivity contribution is 5.46. The molecule has 0 aliphatic carbocycles. The molecule has 0 bridgehead atoms. The Labute approximate surface area is 45.2 Å². The normalized spacial score (nSPS) is 6.00. The zero-order chi connectivity index (χ0) is 6.12. The largest absolute Gasteiger partial charge is 0.390 e. The van der Waals surface area contributed by atoms with Crippen molar-refractivity contribution in [1.29, 1.82) is 5.41 Å². The van der Waals surface area contributed by atoms with Gasteiger partial charge in [0.1, 0.15) is 0 Å². The van der Waals surface area contributed by atoms with Crippen molar-refractivity contribution in [2.75, 3.05) is 0 Å². The monoisotopic (exact) mass is 102 g/mol. The molecule has 2 heteroatoms. The van der Waals surface area contributed by atoms with Gasteiger partial charge in [-0.1, -0.05) is 26.7 Å². The molecule has 0 aliphatic heterocycles. The average molecular weight is 102 g/mol. The maximum absolute atomic E-state index is 5.86. The van der Waals surface area contributed by atoms with Crippen molar-refractivity contribution in [3.05, 3.63) is 0 Å². The van der Waals surface area contributed by atoms with Crippen molar-refractivity contribution in [3.63, 3.8) is 0 Å². The first kappa shape index (κ1) is 9.69. The second-order valence-corrected chi connectivity index (χ2v) is 1.17. The van der Waals surface area contributed by atoms with Gasteiger partial charge in [0.05, 0.1) is 6.34 Å². The summed E-state index contributed by atoms with van der Waals surface area (Å²) in [5.41, 5.74) is 4.39. The molecule has 0 heterocycles. The van der Waals surface area contributed by atoms with Gasteiger partial charge in [-0.2, -0.15) is 0 Å². The summed E-state index contributed by atoms with van der Waals surface area (Å²) in [7, 11) is 0. The maximum atomic E-state index is 5.86. The molecule has 0 atom stereocenters. The average Bonchev–Trinajstić information content (AvgIpc) is 1.69. The van der Waals surface area contributed by atoms with Gasteiger partial charge >= 0.3 is 0 Å². The lowest BCUT2D eigenvalue weighted by Crippen LogP contribution is -1.81. The van der Waals surface area contributed by atoms with Crippen molar-refractivity contribution in [1.82, 2.24) is 0 Å². The van der Waals surface area contributed by atoms with Gasteiger partial charge in [-0.05, 0) is 0 Å². The number of unbranched alkanes of at least 4 members (excludes halogenated alkanes) is 1. The lowest BCUT2D eigenvalue weighted by Gasteiger charge is -1.68. The molecule has 0 rings (SSSR count). The first-order valence-electron chi connectivity index (χ1n) is 2.54. The molecule has 0 aromatic heterocycles. The van der Waals surface area contributed by atoms with Crippen molar-refractivity contribution in [2.45, 2.75) is 26.7 Å². The van der Waals surface area contributed by atoms with Crippen LogP contribution in [0.15, 0.2) is 0 Å². The summed E-state index contributed by atoms with van der Waals surface area (Å²) in [5, 5.41) is 5.86. The van der Waals surface area contributed by atoms with Crippen LogP contribution in [0.5, 0.6) is 0 Å². The summed E-state index contributed by atoms with van der Waals surface area (Å²) >= 11 is 0. The summed E-state index contributed by atoms with van der Waals surface area (Å²) in [6.45, 7) is 4.36. The Kier molecular flexibility index (Phi) is 24.8. The van der Waals surface area contributed by atoms with E-state index < -0.39 is 0 Å². The summed E-state index contributed by atoms with van der Waals surface area (Å²) in [5.74, 6) is 0.